The lowest BCUT2D eigenvalue weighted by Crippen LogP contribution is -2.18. The molecular weight excluding hydrogens is 468 g/mol. The van der Waals surface area contributed by atoms with Crippen molar-refractivity contribution in [2.24, 2.45) is 0 Å². The van der Waals surface area contributed by atoms with Gasteiger partial charge in [0.2, 0.25) is 0 Å². The van der Waals surface area contributed by atoms with Gasteiger partial charge in [-0.1, -0.05) is 11.6 Å². The van der Waals surface area contributed by atoms with Gasteiger partial charge in [0.25, 0.3) is 5.91 Å². The van der Waals surface area contributed by atoms with E-state index in [2.05, 4.69) is 21.2 Å². The van der Waals surface area contributed by atoms with Gasteiger partial charge in [0.1, 0.15) is 0 Å². The van der Waals surface area contributed by atoms with E-state index in [0.717, 1.165) is 11.8 Å². The van der Waals surface area contributed by atoms with Crippen molar-refractivity contribution in [3.05, 3.63) is 61.9 Å². The van der Waals surface area contributed by atoms with Gasteiger partial charge in [0.15, 0.2) is 16.7 Å². The molecule has 0 atom stereocenters. The molecule has 0 spiro atoms. The minimum absolute atomic E-state index is 0.0777. The van der Waals surface area contributed by atoms with Crippen LogP contribution in [0, 0.1) is 5.41 Å². The average molecular weight is 482 g/mol. The summed E-state index contributed by atoms with van der Waals surface area (Å²) in [4.78, 5) is 24.7. The van der Waals surface area contributed by atoms with Gasteiger partial charge in [-0.3, -0.25) is 10.2 Å². The van der Waals surface area contributed by atoms with Crippen LogP contribution < -0.4 is 14.8 Å². The van der Waals surface area contributed by atoms with Crippen LogP contribution >= 0.6 is 39.3 Å². The fourth-order valence-electron chi connectivity index (χ4n) is 2.36. The van der Waals surface area contributed by atoms with Gasteiger partial charge in [0.05, 0.1) is 21.5 Å². The second-order valence-corrected chi connectivity index (χ2v) is 7.90. The van der Waals surface area contributed by atoms with E-state index >= 15 is 0 Å². The van der Waals surface area contributed by atoms with E-state index < -0.39 is 5.97 Å². The van der Waals surface area contributed by atoms with Crippen LogP contribution in [-0.2, 0) is 4.79 Å². The summed E-state index contributed by atoms with van der Waals surface area (Å²) in [6, 6.07) is 9.73. The summed E-state index contributed by atoms with van der Waals surface area (Å²) in [7, 11) is 0. The Morgan fingerprint density at radius 3 is 2.64 bits per heavy atom. The number of benzene rings is 2. The van der Waals surface area contributed by atoms with E-state index in [0.29, 0.717) is 37.9 Å². The van der Waals surface area contributed by atoms with Crippen molar-refractivity contribution in [2.75, 3.05) is 6.61 Å². The van der Waals surface area contributed by atoms with Gasteiger partial charge in [-0.05, 0) is 82.7 Å². The molecule has 3 rings (SSSR count). The molecule has 9 heteroatoms. The third kappa shape index (κ3) is 4.76. The van der Waals surface area contributed by atoms with Crippen molar-refractivity contribution in [3.63, 3.8) is 0 Å². The Hall–Kier alpha value is -2.29. The summed E-state index contributed by atoms with van der Waals surface area (Å²) in [5, 5.41) is 10.5. The van der Waals surface area contributed by atoms with E-state index in [4.69, 9.17) is 26.5 Å². The van der Waals surface area contributed by atoms with E-state index in [1.54, 1.807) is 42.5 Å². The molecule has 6 nitrogen and oxygen atoms in total. The second-order valence-electron chi connectivity index (χ2n) is 5.55. The zero-order valence-corrected chi connectivity index (χ0v) is 17.7. The van der Waals surface area contributed by atoms with Gasteiger partial charge < -0.3 is 14.8 Å². The molecule has 0 unspecified atom stereocenters. The fourth-order valence-corrected chi connectivity index (χ4v) is 3.73. The maximum Gasteiger partial charge on any atom is 0.343 e. The smallest absolute Gasteiger partial charge is 0.343 e. The highest BCUT2D eigenvalue weighted by atomic mass is 79.9. The Morgan fingerprint density at radius 1 is 1.32 bits per heavy atom. The van der Waals surface area contributed by atoms with Gasteiger partial charge in [-0.2, -0.15) is 0 Å². The molecule has 1 aliphatic rings. The number of hydrogen-bond donors (Lipinski definition) is 2. The quantitative estimate of drug-likeness (QED) is 0.362. The zero-order valence-electron chi connectivity index (χ0n) is 14.5. The molecule has 2 aromatic rings. The number of carbonyl (C=O) groups is 2. The second kappa shape index (κ2) is 8.81. The standard InChI is InChI=1S/C19H14BrClN2O4S/c1-2-26-14-8-10(9-15-17(24)23-19(22)28-15)7-13(20)16(14)27-18(25)11-3-5-12(21)6-4-11/h3-9H,2H2,1H3,(H2,22,23,24). The predicted octanol–water partition coefficient (Wildman–Crippen LogP) is 4.86. The number of esters is 1. The van der Waals surface area contributed by atoms with E-state index in [1.165, 1.54) is 0 Å². The van der Waals surface area contributed by atoms with Crippen LogP contribution in [0.25, 0.3) is 6.08 Å². The Balaban J connectivity index is 1.92. The number of amidine groups is 1. The molecule has 0 aromatic heterocycles. The summed E-state index contributed by atoms with van der Waals surface area (Å²) >= 11 is 10.3. The molecule has 1 heterocycles. The lowest BCUT2D eigenvalue weighted by Gasteiger charge is -2.13. The molecule has 0 aliphatic carbocycles. The molecule has 1 saturated heterocycles. The highest BCUT2D eigenvalue weighted by molar-refractivity contribution is 9.10. The lowest BCUT2D eigenvalue weighted by atomic mass is 10.1. The predicted molar refractivity (Wildman–Crippen MR) is 113 cm³/mol. The SMILES string of the molecule is CCOc1cc(C=C2SC(=N)NC2=O)cc(Br)c1OC(=O)c1ccc(Cl)cc1. The topological polar surface area (TPSA) is 88.5 Å². The Morgan fingerprint density at radius 2 is 2.04 bits per heavy atom. The molecule has 1 amide bonds. The molecule has 144 valence electrons. The maximum atomic E-state index is 12.4. The lowest BCUT2D eigenvalue weighted by molar-refractivity contribution is -0.115. The van der Waals surface area contributed by atoms with Gasteiger partial charge in [-0.25, -0.2) is 4.79 Å². The van der Waals surface area contributed by atoms with Crippen LogP contribution in [-0.4, -0.2) is 23.7 Å². The summed E-state index contributed by atoms with van der Waals surface area (Å²) < 4.78 is 11.6. The summed E-state index contributed by atoms with van der Waals surface area (Å²) in [5.41, 5.74) is 1.01. The van der Waals surface area contributed by atoms with Crippen LogP contribution in [0.15, 0.2) is 45.8 Å². The minimum atomic E-state index is -0.552. The molecule has 28 heavy (non-hydrogen) atoms. The highest BCUT2D eigenvalue weighted by Gasteiger charge is 2.23. The van der Waals surface area contributed by atoms with E-state index in [1.807, 2.05) is 6.92 Å². The van der Waals surface area contributed by atoms with Gasteiger partial charge in [0, 0.05) is 5.02 Å². The number of halogens is 2. The average Bonchev–Trinajstić information content (AvgIpc) is 2.95. The van der Waals surface area contributed by atoms with Crippen molar-refractivity contribution < 1.29 is 19.1 Å². The number of ether oxygens (including phenoxy) is 2. The third-order valence-corrected chi connectivity index (χ3v) is 5.24. The highest BCUT2D eigenvalue weighted by Crippen LogP contribution is 2.39. The maximum absolute atomic E-state index is 12.4. The molecular formula is C19H14BrClN2O4S. The fraction of sp³-hybridized carbons (Fsp3) is 0.105. The van der Waals surface area contributed by atoms with Crippen molar-refractivity contribution >= 4 is 62.4 Å². The van der Waals surface area contributed by atoms with Gasteiger partial charge in [-0.15, -0.1) is 0 Å². The molecule has 0 saturated carbocycles. The first-order valence-electron chi connectivity index (χ1n) is 8.11. The number of hydrogen-bond acceptors (Lipinski definition) is 6. The minimum Gasteiger partial charge on any atom is -0.490 e. The Kier molecular flexibility index (Phi) is 6.43. The molecule has 1 fully saturated rings. The molecule has 2 aromatic carbocycles. The van der Waals surface area contributed by atoms with Crippen molar-refractivity contribution in [2.45, 2.75) is 6.92 Å². The van der Waals surface area contributed by atoms with Crippen LogP contribution in [0.4, 0.5) is 0 Å². The van der Waals surface area contributed by atoms with Crippen LogP contribution in [0.1, 0.15) is 22.8 Å². The molecule has 2 N–H and O–H groups in total. The molecule has 0 bridgehead atoms. The largest absolute Gasteiger partial charge is 0.490 e. The van der Waals surface area contributed by atoms with E-state index in [9.17, 15) is 9.59 Å². The summed E-state index contributed by atoms with van der Waals surface area (Å²) in [5.74, 6) is -0.296. The first-order valence-corrected chi connectivity index (χ1v) is 10.1. The number of carbonyl (C=O) groups excluding carboxylic acids is 2. The Labute approximate surface area is 178 Å². The van der Waals surface area contributed by atoms with Crippen molar-refractivity contribution in [1.29, 1.82) is 5.41 Å². The third-order valence-electron chi connectivity index (χ3n) is 3.57. The summed E-state index contributed by atoms with van der Waals surface area (Å²) in [6.07, 6.45) is 1.64. The first kappa shape index (κ1) is 20.4. The zero-order chi connectivity index (χ0) is 20.3. The monoisotopic (exact) mass is 480 g/mol. The van der Waals surface area contributed by atoms with Crippen molar-refractivity contribution in [3.8, 4) is 11.5 Å². The normalized spacial score (nSPS) is 14.9. The molecule has 1 aliphatic heterocycles. The van der Waals surface area contributed by atoms with Gasteiger partial charge >= 0.3 is 5.97 Å². The summed E-state index contributed by atoms with van der Waals surface area (Å²) in [6.45, 7) is 2.17. The number of thioether (sulfide) groups is 1. The number of nitrogens with one attached hydrogen (secondary N) is 2. The van der Waals surface area contributed by atoms with Crippen molar-refractivity contribution in [1.82, 2.24) is 5.32 Å². The number of rotatable bonds is 5. The van der Waals surface area contributed by atoms with Crippen LogP contribution in [0.3, 0.4) is 0 Å². The van der Waals surface area contributed by atoms with Crippen LogP contribution in [0.5, 0.6) is 11.5 Å². The number of amides is 1. The van der Waals surface area contributed by atoms with Crippen LogP contribution in [0.2, 0.25) is 5.02 Å². The Bertz CT molecular complexity index is 992. The van der Waals surface area contributed by atoms with E-state index in [-0.39, 0.29) is 16.8 Å². The molecule has 0 radical (unpaired) electrons. The first-order chi connectivity index (χ1) is 13.4.